The Hall–Kier alpha value is -0.181. The van der Waals surface area contributed by atoms with Gasteiger partial charge in [0.05, 0.1) is 0 Å². The van der Waals surface area contributed by atoms with E-state index in [1.54, 1.807) is 6.07 Å². The van der Waals surface area contributed by atoms with E-state index in [2.05, 4.69) is 9.88 Å². The molecule has 2 heteroatoms. The number of aromatic hydroxyl groups is 1. The molecule has 2 radical (unpaired) electrons. The third-order valence-electron chi connectivity index (χ3n) is 1.12. The second-order valence-corrected chi connectivity index (χ2v) is 5.14. The summed E-state index contributed by atoms with van der Waals surface area (Å²) in [5, 5.41) is 8.92. The summed E-state index contributed by atoms with van der Waals surface area (Å²) in [4.78, 5) is 4.59. The van der Waals surface area contributed by atoms with E-state index in [4.69, 9.17) is 5.11 Å². The van der Waals surface area contributed by atoms with E-state index in [0.717, 1.165) is 5.56 Å². The summed E-state index contributed by atoms with van der Waals surface area (Å²) >= 11 is 0.230. The van der Waals surface area contributed by atoms with Crippen LogP contribution in [0.3, 0.4) is 0 Å². The van der Waals surface area contributed by atoms with Crippen molar-refractivity contribution in [2.75, 3.05) is 0 Å². The summed E-state index contributed by atoms with van der Waals surface area (Å²) in [5.41, 5.74) is 0.924. The number of para-hydroxylation sites is 1. The second kappa shape index (κ2) is 6.52. The van der Waals surface area contributed by atoms with Gasteiger partial charge in [-0.2, -0.15) is 0 Å². The monoisotopic (exact) mass is 258 g/mol. The Morgan fingerprint density at radius 3 is 1.91 bits per heavy atom. The van der Waals surface area contributed by atoms with Gasteiger partial charge in [-0.25, -0.2) is 0 Å². The summed E-state index contributed by atoms with van der Waals surface area (Å²) < 4.78 is 0. The Labute approximate surface area is 78.7 Å². The van der Waals surface area contributed by atoms with Crippen LogP contribution in [0.5, 0.6) is 5.75 Å². The number of rotatable bonds is 0. The van der Waals surface area contributed by atoms with Crippen LogP contribution in [0.15, 0.2) is 24.3 Å². The normalized spacial score (nSPS) is 8.27. The average molecular weight is 257 g/mol. The summed E-state index contributed by atoms with van der Waals surface area (Å²) in [6, 6.07) is 7.25. The van der Waals surface area contributed by atoms with Gasteiger partial charge in [0.1, 0.15) is 5.75 Å². The molecule has 1 nitrogen and oxygen atoms in total. The van der Waals surface area contributed by atoms with Crippen molar-refractivity contribution in [3.63, 3.8) is 0 Å². The van der Waals surface area contributed by atoms with E-state index in [9.17, 15) is 0 Å². The third kappa shape index (κ3) is 5.13. The van der Waals surface area contributed by atoms with Crippen molar-refractivity contribution in [3.05, 3.63) is 29.8 Å². The molecule has 11 heavy (non-hydrogen) atoms. The summed E-state index contributed by atoms with van der Waals surface area (Å²) in [6.07, 6.45) is 0. The van der Waals surface area contributed by atoms with Gasteiger partial charge in [0.25, 0.3) is 0 Å². The van der Waals surface area contributed by atoms with Crippen molar-refractivity contribution in [1.82, 2.24) is 0 Å². The maximum absolute atomic E-state index is 8.92. The van der Waals surface area contributed by atoms with Crippen LogP contribution in [0.2, 0.25) is 9.88 Å². The molecule has 0 amide bonds. The molecule has 0 saturated carbocycles. The molecule has 0 bridgehead atoms. The van der Waals surface area contributed by atoms with Crippen molar-refractivity contribution >= 4 is 21.1 Å². The first kappa shape index (κ1) is 10.8. The Balaban J connectivity index is 0.000000292. The van der Waals surface area contributed by atoms with Crippen LogP contribution < -0.4 is 0 Å². The fourth-order valence-electron chi connectivity index (χ4n) is 0.563. The summed E-state index contributed by atoms with van der Waals surface area (Å²) in [5.74, 6) is 0.368. The van der Waals surface area contributed by atoms with E-state index in [1.807, 2.05) is 25.1 Å². The van der Waals surface area contributed by atoms with Gasteiger partial charge in [0, 0.05) is 0 Å². The van der Waals surface area contributed by atoms with Crippen LogP contribution in [0.4, 0.5) is 0 Å². The molecule has 1 rings (SSSR count). The minimum absolute atomic E-state index is 0.230. The van der Waals surface area contributed by atoms with Crippen LogP contribution in [-0.4, -0.2) is 26.2 Å². The SMILES string of the molecule is Cc1ccccc1O.[CH3][Sn][CH3]. The summed E-state index contributed by atoms with van der Waals surface area (Å²) in [6.45, 7) is 1.87. The van der Waals surface area contributed by atoms with Gasteiger partial charge in [0.15, 0.2) is 0 Å². The first-order chi connectivity index (χ1) is 5.22. The molecule has 1 aromatic carbocycles. The number of hydrogen-bond acceptors (Lipinski definition) is 1. The zero-order valence-electron chi connectivity index (χ0n) is 7.26. The molecule has 0 unspecified atom stereocenters. The molecule has 0 saturated heterocycles. The molecule has 1 aromatic rings. The number of phenolic OH excluding ortho intramolecular Hbond substituents is 1. The molecule has 1 N–H and O–H groups in total. The Bertz CT molecular complexity index is 178. The quantitative estimate of drug-likeness (QED) is 0.708. The zero-order valence-corrected chi connectivity index (χ0v) is 10.1. The van der Waals surface area contributed by atoms with Crippen molar-refractivity contribution in [1.29, 1.82) is 0 Å². The average Bonchev–Trinajstić information content (AvgIpc) is 1.97. The number of benzene rings is 1. The fraction of sp³-hybridized carbons (Fsp3) is 0.333. The molecule has 0 atom stereocenters. The fourth-order valence-corrected chi connectivity index (χ4v) is 0.563. The maximum atomic E-state index is 8.92. The van der Waals surface area contributed by atoms with E-state index >= 15 is 0 Å². The van der Waals surface area contributed by atoms with Gasteiger partial charge in [0.2, 0.25) is 0 Å². The second-order valence-electron chi connectivity index (χ2n) is 2.29. The van der Waals surface area contributed by atoms with Crippen molar-refractivity contribution < 1.29 is 5.11 Å². The predicted molar refractivity (Wildman–Crippen MR) is 50.3 cm³/mol. The number of hydrogen-bond donors (Lipinski definition) is 1. The third-order valence-corrected chi connectivity index (χ3v) is 1.12. The molecule has 0 aromatic heterocycles. The molecule has 0 aliphatic heterocycles. The first-order valence-corrected chi connectivity index (χ1v) is 9.26. The molecule has 60 valence electrons. The Morgan fingerprint density at radius 2 is 1.64 bits per heavy atom. The van der Waals surface area contributed by atoms with Crippen LogP contribution >= 0.6 is 0 Å². The number of aryl methyl sites for hydroxylation is 1. The zero-order chi connectivity index (χ0) is 8.69. The van der Waals surface area contributed by atoms with E-state index in [1.165, 1.54) is 0 Å². The first-order valence-electron chi connectivity index (χ1n) is 3.55. The van der Waals surface area contributed by atoms with E-state index in [0.29, 0.717) is 5.75 Å². The standard InChI is InChI=1S/C7H8O.2CH3.Sn/c1-6-4-2-3-5-7(6)8;;;/h2-5,8H,1H3;2*1H3;. The molecule has 0 spiro atoms. The summed E-state index contributed by atoms with van der Waals surface area (Å²) in [7, 11) is 0. The number of phenols is 1. The van der Waals surface area contributed by atoms with Crippen LogP contribution in [0.1, 0.15) is 5.56 Å². The van der Waals surface area contributed by atoms with Gasteiger partial charge < -0.3 is 5.11 Å². The van der Waals surface area contributed by atoms with Crippen LogP contribution in [0.25, 0.3) is 0 Å². The minimum atomic E-state index is 0.230. The van der Waals surface area contributed by atoms with Gasteiger partial charge >= 0.3 is 31.0 Å². The topological polar surface area (TPSA) is 20.2 Å². The molecule has 0 fully saturated rings. The van der Waals surface area contributed by atoms with Gasteiger partial charge in [-0.3, -0.25) is 0 Å². The molecular weight excluding hydrogens is 243 g/mol. The van der Waals surface area contributed by atoms with Crippen LogP contribution in [-0.2, 0) is 0 Å². The Kier molecular flexibility index (Phi) is 6.42. The van der Waals surface area contributed by atoms with Crippen molar-refractivity contribution in [2.24, 2.45) is 0 Å². The molecule has 0 heterocycles. The van der Waals surface area contributed by atoms with Crippen molar-refractivity contribution in [2.45, 2.75) is 16.8 Å². The van der Waals surface area contributed by atoms with Gasteiger partial charge in [-0.1, -0.05) is 18.2 Å². The van der Waals surface area contributed by atoms with Gasteiger partial charge in [-0.05, 0) is 18.6 Å². The predicted octanol–water partition coefficient (Wildman–Crippen LogP) is 2.49. The van der Waals surface area contributed by atoms with E-state index < -0.39 is 0 Å². The van der Waals surface area contributed by atoms with Gasteiger partial charge in [-0.15, -0.1) is 0 Å². The van der Waals surface area contributed by atoms with E-state index in [-0.39, 0.29) is 21.1 Å². The molecule has 0 aliphatic rings. The Morgan fingerprint density at radius 1 is 1.18 bits per heavy atom. The van der Waals surface area contributed by atoms with Crippen LogP contribution in [0, 0.1) is 6.92 Å². The molecular formula is C9H14OSn. The molecule has 0 aliphatic carbocycles. The van der Waals surface area contributed by atoms with Crippen molar-refractivity contribution in [3.8, 4) is 5.75 Å².